The zero-order chi connectivity index (χ0) is 12.8. The van der Waals surface area contributed by atoms with Gasteiger partial charge in [-0.3, -0.25) is 4.79 Å². The first-order chi connectivity index (χ1) is 8.13. The second-order valence-corrected chi connectivity index (χ2v) is 3.45. The molecule has 1 rings (SSSR count). The molecule has 1 atom stereocenters. The zero-order valence-electron chi connectivity index (χ0n) is 9.79. The largest absolute Gasteiger partial charge is 0.497 e. The van der Waals surface area contributed by atoms with Crippen LogP contribution >= 0.6 is 0 Å². The van der Waals surface area contributed by atoms with E-state index in [0.29, 0.717) is 24.3 Å². The molecule has 0 saturated heterocycles. The fraction of sp³-hybridized carbons (Fsp3) is 0.333. The lowest BCUT2D eigenvalue weighted by Crippen LogP contribution is -2.32. The van der Waals surface area contributed by atoms with E-state index in [9.17, 15) is 14.7 Å². The van der Waals surface area contributed by atoms with Gasteiger partial charge in [0.05, 0.1) is 7.11 Å². The molecule has 0 saturated carbocycles. The number of amides is 1. The molecule has 0 fully saturated rings. The van der Waals surface area contributed by atoms with Crippen molar-refractivity contribution in [2.75, 3.05) is 13.7 Å². The van der Waals surface area contributed by atoms with Crippen LogP contribution in [-0.2, 0) is 9.59 Å². The minimum Gasteiger partial charge on any atom is -0.497 e. The van der Waals surface area contributed by atoms with Gasteiger partial charge in [-0.25, -0.2) is 4.79 Å². The predicted molar refractivity (Wildman–Crippen MR) is 61.8 cm³/mol. The fourth-order valence-electron chi connectivity index (χ4n) is 1.61. The summed E-state index contributed by atoms with van der Waals surface area (Å²) < 4.78 is 5.03. The highest BCUT2D eigenvalue weighted by molar-refractivity contribution is 5.78. The van der Waals surface area contributed by atoms with Crippen molar-refractivity contribution in [1.29, 1.82) is 0 Å². The van der Waals surface area contributed by atoms with Gasteiger partial charge in [-0.1, -0.05) is 12.1 Å². The van der Waals surface area contributed by atoms with Crippen molar-refractivity contribution >= 4 is 12.4 Å². The minimum absolute atomic E-state index is 0.331. The second kappa shape index (κ2) is 5.89. The lowest BCUT2D eigenvalue weighted by atomic mass is 10.1. The van der Waals surface area contributed by atoms with Crippen LogP contribution in [0.15, 0.2) is 24.3 Å². The first-order valence-corrected chi connectivity index (χ1v) is 5.21. The van der Waals surface area contributed by atoms with Crippen LogP contribution in [-0.4, -0.2) is 36.0 Å². The third kappa shape index (κ3) is 2.96. The van der Waals surface area contributed by atoms with Gasteiger partial charge in [-0.05, 0) is 24.6 Å². The van der Waals surface area contributed by atoms with Gasteiger partial charge in [0.25, 0.3) is 0 Å². The number of carbonyl (C=O) groups excluding carboxylic acids is 1. The van der Waals surface area contributed by atoms with E-state index in [0.717, 1.165) is 0 Å². The molecule has 0 aliphatic carbocycles. The van der Waals surface area contributed by atoms with E-state index in [1.54, 1.807) is 31.2 Å². The summed E-state index contributed by atoms with van der Waals surface area (Å²) in [5.41, 5.74) is 0.519. The van der Waals surface area contributed by atoms with Gasteiger partial charge >= 0.3 is 5.97 Å². The van der Waals surface area contributed by atoms with Crippen molar-refractivity contribution < 1.29 is 19.4 Å². The van der Waals surface area contributed by atoms with Gasteiger partial charge < -0.3 is 14.7 Å². The number of methoxy groups -OCH3 is 1. The minimum atomic E-state index is -1.06. The standard InChI is InChI=1S/C12H15NO4/c1-3-13(8-14)11(12(15)16)9-5-4-6-10(7-9)17-2/h4-8,11H,3H2,1-2H3,(H,15,16). The van der Waals surface area contributed by atoms with E-state index in [4.69, 9.17) is 4.74 Å². The molecule has 0 aromatic heterocycles. The molecular weight excluding hydrogens is 222 g/mol. The Morgan fingerprint density at radius 1 is 1.59 bits per heavy atom. The van der Waals surface area contributed by atoms with Gasteiger partial charge in [-0.2, -0.15) is 0 Å². The first-order valence-electron chi connectivity index (χ1n) is 5.21. The van der Waals surface area contributed by atoms with Crippen molar-refractivity contribution in [2.45, 2.75) is 13.0 Å². The molecule has 0 aliphatic rings. The smallest absolute Gasteiger partial charge is 0.331 e. The number of rotatable bonds is 6. The van der Waals surface area contributed by atoms with Crippen LogP contribution in [0.3, 0.4) is 0 Å². The summed E-state index contributed by atoms with van der Waals surface area (Å²) in [4.78, 5) is 23.3. The Balaban J connectivity index is 3.12. The highest BCUT2D eigenvalue weighted by Crippen LogP contribution is 2.23. The van der Waals surface area contributed by atoms with E-state index < -0.39 is 12.0 Å². The topological polar surface area (TPSA) is 66.8 Å². The maximum absolute atomic E-state index is 11.2. The molecule has 0 spiro atoms. The summed E-state index contributed by atoms with van der Waals surface area (Å²) in [5.74, 6) is -0.497. The van der Waals surface area contributed by atoms with Gasteiger partial charge in [0.2, 0.25) is 6.41 Å². The molecule has 0 bridgehead atoms. The molecule has 5 nitrogen and oxygen atoms in total. The normalized spacial score (nSPS) is 11.6. The van der Waals surface area contributed by atoms with Crippen molar-refractivity contribution in [3.8, 4) is 5.75 Å². The molecule has 92 valence electrons. The van der Waals surface area contributed by atoms with E-state index in [2.05, 4.69) is 0 Å². The second-order valence-electron chi connectivity index (χ2n) is 3.45. The number of carbonyl (C=O) groups is 2. The molecule has 0 radical (unpaired) electrons. The Kier molecular flexibility index (Phi) is 4.51. The average Bonchev–Trinajstić information content (AvgIpc) is 2.35. The molecule has 1 aromatic carbocycles. The number of benzene rings is 1. The summed E-state index contributed by atoms with van der Waals surface area (Å²) in [6, 6.07) is 5.72. The van der Waals surface area contributed by atoms with Gasteiger partial charge in [0.1, 0.15) is 5.75 Å². The summed E-state index contributed by atoms with van der Waals surface area (Å²) in [6.07, 6.45) is 0.540. The summed E-state index contributed by atoms with van der Waals surface area (Å²) in [5, 5.41) is 9.18. The molecule has 1 amide bonds. The number of nitrogens with zero attached hydrogens (tertiary/aromatic N) is 1. The monoisotopic (exact) mass is 237 g/mol. The summed E-state index contributed by atoms with van der Waals surface area (Å²) in [7, 11) is 1.51. The average molecular weight is 237 g/mol. The third-order valence-electron chi connectivity index (χ3n) is 2.48. The van der Waals surface area contributed by atoms with Gasteiger partial charge in [-0.15, -0.1) is 0 Å². The number of hydrogen-bond acceptors (Lipinski definition) is 3. The molecular formula is C12H15NO4. The van der Waals surface area contributed by atoms with Crippen molar-refractivity contribution in [3.63, 3.8) is 0 Å². The van der Waals surface area contributed by atoms with Crippen molar-refractivity contribution in [3.05, 3.63) is 29.8 Å². The number of likely N-dealkylation sites (N-methyl/N-ethyl adjacent to an activating group) is 1. The lowest BCUT2D eigenvalue weighted by molar-refractivity contribution is -0.146. The third-order valence-corrected chi connectivity index (χ3v) is 2.48. The maximum atomic E-state index is 11.2. The van der Waals surface area contributed by atoms with Gasteiger partial charge in [0, 0.05) is 6.54 Å². The highest BCUT2D eigenvalue weighted by Gasteiger charge is 2.25. The fourth-order valence-corrected chi connectivity index (χ4v) is 1.61. The van der Waals surface area contributed by atoms with Crippen molar-refractivity contribution in [1.82, 2.24) is 4.90 Å². The molecule has 1 unspecified atom stereocenters. The Hall–Kier alpha value is -2.04. The van der Waals surface area contributed by atoms with Crippen LogP contribution < -0.4 is 4.74 Å². The Bertz CT molecular complexity index is 405. The summed E-state index contributed by atoms with van der Waals surface area (Å²) in [6.45, 7) is 2.06. The van der Waals surface area contributed by atoms with Gasteiger partial charge in [0.15, 0.2) is 6.04 Å². The van der Waals surface area contributed by atoms with Crippen molar-refractivity contribution in [2.24, 2.45) is 0 Å². The van der Waals surface area contributed by atoms with E-state index in [1.807, 2.05) is 0 Å². The van der Waals surface area contributed by atoms with E-state index >= 15 is 0 Å². The Morgan fingerprint density at radius 3 is 2.76 bits per heavy atom. The maximum Gasteiger partial charge on any atom is 0.331 e. The quantitative estimate of drug-likeness (QED) is 0.757. The first kappa shape index (κ1) is 13.0. The van der Waals surface area contributed by atoms with Crippen LogP contribution in [0.2, 0.25) is 0 Å². The number of aliphatic carboxylic acids is 1. The Labute approximate surface area is 99.6 Å². The predicted octanol–water partition coefficient (Wildman–Crippen LogP) is 1.30. The summed E-state index contributed by atoms with van der Waals surface area (Å²) >= 11 is 0. The molecule has 1 N–H and O–H groups in total. The van der Waals surface area contributed by atoms with E-state index in [-0.39, 0.29) is 0 Å². The van der Waals surface area contributed by atoms with Crippen LogP contribution in [0.5, 0.6) is 5.75 Å². The molecule has 1 aromatic rings. The number of carboxylic acid groups (broad SMARTS) is 1. The van der Waals surface area contributed by atoms with Crippen LogP contribution in [0.4, 0.5) is 0 Å². The lowest BCUT2D eigenvalue weighted by Gasteiger charge is -2.24. The van der Waals surface area contributed by atoms with Crippen LogP contribution in [0, 0.1) is 0 Å². The molecule has 5 heteroatoms. The zero-order valence-corrected chi connectivity index (χ0v) is 9.79. The Morgan fingerprint density at radius 2 is 2.29 bits per heavy atom. The van der Waals surface area contributed by atoms with Crippen LogP contribution in [0.1, 0.15) is 18.5 Å². The SMILES string of the molecule is CCN(C=O)C(C(=O)O)c1cccc(OC)c1. The molecule has 17 heavy (non-hydrogen) atoms. The highest BCUT2D eigenvalue weighted by atomic mass is 16.5. The molecule has 0 heterocycles. The number of hydrogen-bond donors (Lipinski definition) is 1. The molecule has 0 aliphatic heterocycles. The number of carboxylic acids is 1. The van der Waals surface area contributed by atoms with E-state index in [1.165, 1.54) is 12.0 Å². The number of ether oxygens (including phenoxy) is 1. The van der Waals surface area contributed by atoms with Crippen LogP contribution in [0.25, 0.3) is 0 Å².